The van der Waals surface area contributed by atoms with Gasteiger partial charge in [0.1, 0.15) is 0 Å². The van der Waals surface area contributed by atoms with Crippen LogP contribution in [0.15, 0.2) is 48.5 Å². The van der Waals surface area contributed by atoms with Gasteiger partial charge in [-0.05, 0) is 42.0 Å². The summed E-state index contributed by atoms with van der Waals surface area (Å²) in [6.07, 6.45) is 0.231. The molecule has 0 aliphatic heterocycles. The van der Waals surface area contributed by atoms with Crippen molar-refractivity contribution < 1.29 is 9.59 Å². The third-order valence-electron chi connectivity index (χ3n) is 3.69. The van der Waals surface area contributed by atoms with Crippen molar-refractivity contribution in [2.24, 2.45) is 0 Å². The summed E-state index contributed by atoms with van der Waals surface area (Å²) in [5.74, 6) is -0.322. The molecule has 2 amide bonds. The minimum Gasteiger partial charge on any atom is -0.378 e. The monoisotopic (exact) mass is 359 g/mol. The highest BCUT2D eigenvalue weighted by atomic mass is 35.5. The Morgan fingerprint density at radius 2 is 1.60 bits per heavy atom. The fourth-order valence-electron chi connectivity index (χ4n) is 2.19. The summed E-state index contributed by atoms with van der Waals surface area (Å²) in [7, 11) is 3.96. The van der Waals surface area contributed by atoms with Crippen LogP contribution < -0.4 is 15.5 Å². The molecule has 0 unspecified atom stereocenters. The van der Waals surface area contributed by atoms with Crippen molar-refractivity contribution >= 4 is 29.1 Å². The second kappa shape index (κ2) is 9.08. The number of carbonyl (C=O) groups is 2. The van der Waals surface area contributed by atoms with E-state index < -0.39 is 0 Å². The molecule has 0 radical (unpaired) electrons. The molecule has 2 N–H and O–H groups in total. The number of nitrogens with one attached hydrogen (secondary N) is 2. The molecular weight excluding hydrogens is 338 g/mol. The Morgan fingerprint density at radius 1 is 0.960 bits per heavy atom. The van der Waals surface area contributed by atoms with Gasteiger partial charge in [-0.25, -0.2) is 0 Å². The minimum atomic E-state index is -0.219. The van der Waals surface area contributed by atoms with Gasteiger partial charge in [0, 0.05) is 49.9 Å². The second-order valence-electron chi connectivity index (χ2n) is 5.85. The Hall–Kier alpha value is -2.53. The quantitative estimate of drug-likeness (QED) is 0.799. The zero-order valence-electron chi connectivity index (χ0n) is 14.4. The molecule has 0 aliphatic rings. The van der Waals surface area contributed by atoms with E-state index in [4.69, 9.17) is 11.6 Å². The van der Waals surface area contributed by atoms with E-state index in [-0.39, 0.29) is 24.8 Å². The van der Waals surface area contributed by atoms with Gasteiger partial charge in [-0.15, -0.1) is 0 Å². The van der Waals surface area contributed by atoms with Crippen LogP contribution in [0, 0.1) is 0 Å². The van der Waals surface area contributed by atoms with Crippen molar-refractivity contribution in [3.8, 4) is 0 Å². The molecule has 0 saturated heterocycles. The zero-order chi connectivity index (χ0) is 18.2. The lowest BCUT2D eigenvalue weighted by molar-refractivity contribution is -0.121. The van der Waals surface area contributed by atoms with Crippen LogP contribution in [-0.2, 0) is 11.3 Å². The molecule has 25 heavy (non-hydrogen) atoms. The van der Waals surface area contributed by atoms with Gasteiger partial charge < -0.3 is 15.5 Å². The van der Waals surface area contributed by atoms with E-state index in [2.05, 4.69) is 10.6 Å². The maximum Gasteiger partial charge on any atom is 0.251 e. The Balaban J connectivity index is 1.70. The first-order chi connectivity index (χ1) is 12.0. The molecule has 0 spiro atoms. The number of halogens is 1. The standard InChI is InChI=1S/C19H22ClN3O2/c1-23(2)17-9-3-14(4-10-17)13-22-18(24)11-12-21-19(25)15-5-7-16(20)8-6-15/h3-10H,11-13H2,1-2H3,(H,21,25)(H,22,24). The van der Waals surface area contributed by atoms with Gasteiger partial charge in [-0.1, -0.05) is 23.7 Å². The van der Waals surface area contributed by atoms with E-state index >= 15 is 0 Å². The molecule has 5 nitrogen and oxygen atoms in total. The van der Waals surface area contributed by atoms with E-state index in [9.17, 15) is 9.59 Å². The summed E-state index contributed by atoms with van der Waals surface area (Å²) in [4.78, 5) is 25.8. The van der Waals surface area contributed by atoms with Crippen LogP contribution in [-0.4, -0.2) is 32.5 Å². The van der Waals surface area contributed by atoms with Crippen molar-refractivity contribution in [2.45, 2.75) is 13.0 Å². The molecule has 0 atom stereocenters. The van der Waals surface area contributed by atoms with Crippen LogP contribution in [0.4, 0.5) is 5.69 Å². The smallest absolute Gasteiger partial charge is 0.251 e. The third-order valence-corrected chi connectivity index (χ3v) is 3.94. The van der Waals surface area contributed by atoms with Gasteiger partial charge in [-0.2, -0.15) is 0 Å². The van der Waals surface area contributed by atoms with Crippen LogP contribution in [0.1, 0.15) is 22.3 Å². The predicted molar refractivity (Wildman–Crippen MR) is 101 cm³/mol. The first kappa shape index (κ1) is 18.8. The van der Waals surface area contributed by atoms with Crippen molar-refractivity contribution in [1.82, 2.24) is 10.6 Å². The Kier molecular flexibility index (Phi) is 6.83. The predicted octanol–water partition coefficient (Wildman–Crippen LogP) is 2.84. The minimum absolute atomic E-state index is 0.104. The van der Waals surface area contributed by atoms with Gasteiger partial charge in [0.05, 0.1) is 0 Å². The van der Waals surface area contributed by atoms with Crippen LogP contribution in [0.2, 0.25) is 5.02 Å². The maximum atomic E-state index is 11.9. The highest BCUT2D eigenvalue weighted by Gasteiger charge is 2.06. The van der Waals surface area contributed by atoms with E-state index in [0.717, 1.165) is 11.3 Å². The molecule has 0 saturated carbocycles. The normalized spacial score (nSPS) is 10.2. The summed E-state index contributed by atoms with van der Waals surface area (Å²) < 4.78 is 0. The van der Waals surface area contributed by atoms with Gasteiger partial charge in [-0.3, -0.25) is 9.59 Å². The molecule has 0 fully saturated rings. The number of benzene rings is 2. The number of hydrogen-bond acceptors (Lipinski definition) is 3. The van der Waals surface area contributed by atoms with Crippen molar-refractivity contribution in [2.75, 3.05) is 25.5 Å². The number of amides is 2. The summed E-state index contributed by atoms with van der Waals surface area (Å²) in [5, 5.41) is 6.14. The third kappa shape index (κ3) is 6.12. The molecule has 0 aliphatic carbocycles. The van der Waals surface area contributed by atoms with Gasteiger partial charge in [0.2, 0.25) is 5.91 Å². The average Bonchev–Trinajstić information content (AvgIpc) is 2.60. The molecule has 2 rings (SSSR count). The summed E-state index contributed by atoms with van der Waals surface area (Å²) in [6.45, 7) is 0.754. The molecule has 0 bridgehead atoms. The molecule has 132 valence electrons. The molecule has 6 heteroatoms. The summed E-state index contributed by atoms with van der Waals surface area (Å²) in [6, 6.07) is 14.6. The molecule has 0 aromatic heterocycles. The number of rotatable bonds is 7. The summed E-state index contributed by atoms with van der Waals surface area (Å²) >= 11 is 5.78. The van der Waals surface area contributed by atoms with E-state index in [1.807, 2.05) is 43.3 Å². The zero-order valence-corrected chi connectivity index (χ0v) is 15.1. The average molecular weight is 360 g/mol. The Labute approximate surface area is 153 Å². The molecule has 2 aromatic carbocycles. The Bertz CT molecular complexity index is 712. The molecular formula is C19H22ClN3O2. The number of hydrogen-bond donors (Lipinski definition) is 2. The lowest BCUT2D eigenvalue weighted by atomic mass is 10.2. The highest BCUT2D eigenvalue weighted by Crippen LogP contribution is 2.12. The largest absolute Gasteiger partial charge is 0.378 e. The highest BCUT2D eigenvalue weighted by molar-refractivity contribution is 6.30. The van der Waals surface area contributed by atoms with Crippen molar-refractivity contribution in [3.05, 3.63) is 64.7 Å². The lowest BCUT2D eigenvalue weighted by Gasteiger charge is -2.13. The van der Waals surface area contributed by atoms with Crippen LogP contribution in [0.3, 0.4) is 0 Å². The van der Waals surface area contributed by atoms with E-state index in [1.54, 1.807) is 24.3 Å². The first-order valence-electron chi connectivity index (χ1n) is 8.02. The van der Waals surface area contributed by atoms with Gasteiger partial charge in [0.25, 0.3) is 5.91 Å². The first-order valence-corrected chi connectivity index (χ1v) is 8.40. The van der Waals surface area contributed by atoms with E-state index in [1.165, 1.54) is 0 Å². The van der Waals surface area contributed by atoms with Crippen LogP contribution in [0.25, 0.3) is 0 Å². The topological polar surface area (TPSA) is 61.4 Å². The second-order valence-corrected chi connectivity index (χ2v) is 6.29. The van der Waals surface area contributed by atoms with Crippen LogP contribution >= 0.6 is 11.6 Å². The van der Waals surface area contributed by atoms with Gasteiger partial charge >= 0.3 is 0 Å². The van der Waals surface area contributed by atoms with E-state index in [0.29, 0.717) is 17.1 Å². The van der Waals surface area contributed by atoms with Crippen LogP contribution in [0.5, 0.6) is 0 Å². The SMILES string of the molecule is CN(C)c1ccc(CNC(=O)CCNC(=O)c2ccc(Cl)cc2)cc1. The lowest BCUT2D eigenvalue weighted by Crippen LogP contribution is -2.30. The van der Waals surface area contributed by atoms with Crippen molar-refractivity contribution in [3.63, 3.8) is 0 Å². The summed E-state index contributed by atoms with van der Waals surface area (Å²) in [5.41, 5.74) is 2.66. The van der Waals surface area contributed by atoms with Crippen molar-refractivity contribution in [1.29, 1.82) is 0 Å². The number of anilines is 1. The van der Waals surface area contributed by atoms with Gasteiger partial charge in [0.15, 0.2) is 0 Å². The molecule has 0 heterocycles. The fourth-order valence-corrected chi connectivity index (χ4v) is 2.32. The maximum absolute atomic E-state index is 11.9. The number of nitrogens with zero attached hydrogens (tertiary/aromatic N) is 1. The fraction of sp³-hybridized carbons (Fsp3) is 0.263. The Morgan fingerprint density at radius 3 is 2.20 bits per heavy atom. The number of carbonyl (C=O) groups excluding carboxylic acids is 2. The molecule has 2 aromatic rings.